The molecule has 0 atom stereocenters. The number of aryl methyl sites for hydroxylation is 2. The Labute approximate surface area is 157 Å². The number of carbonyl (C=O) groups excluding carboxylic acids is 1. The predicted octanol–water partition coefficient (Wildman–Crippen LogP) is 4.76. The first kappa shape index (κ1) is 18.0. The van der Waals surface area contributed by atoms with Crippen molar-refractivity contribution in [2.45, 2.75) is 13.8 Å². The van der Waals surface area contributed by atoms with Gasteiger partial charge in [-0.2, -0.15) is 0 Å². The third-order valence-electron chi connectivity index (χ3n) is 3.80. The van der Waals surface area contributed by atoms with Crippen LogP contribution in [0.25, 0.3) is 6.08 Å². The molecule has 4 nitrogen and oxygen atoms in total. The molecule has 1 saturated heterocycles. The minimum Gasteiger partial charge on any atom is -0.489 e. The number of hydrogen-bond acceptors (Lipinski definition) is 4. The van der Waals surface area contributed by atoms with Crippen LogP contribution in [0.1, 0.15) is 16.7 Å². The van der Waals surface area contributed by atoms with Crippen molar-refractivity contribution >= 4 is 34.6 Å². The first-order valence-electron chi connectivity index (χ1n) is 8.26. The highest BCUT2D eigenvalue weighted by Crippen LogP contribution is 2.31. The molecule has 0 aliphatic carbocycles. The summed E-state index contributed by atoms with van der Waals surface area (Å²) in [6, 6.07) is 13.7. The number of ether oxygens (including phenoxy) is 1. The summed E-state index contributed by atoms with van der Waals surface area (Å²) in [6.07, 6.45) is 3.51. The van der Waals surface area contributed by atoms with E-state index in [1.54, 1.807) is 6.08 Å². The van der Waals surface area contributed by atoms with Crippen molar-refractivity contribution < 1.29 is 9.53 Å². The van der Waals surface area contributed by atoms with Gasteiger partial charge in [0.2, 0.25) is 0 Å². The van der Waals surface area contributed by atoms with Gasteiger partial charge in [0.1, 0.15) is 12.4 Å². The molecule has 2 aromatic rings. The monoisotopic (exact) mass is 364 g/mol. The molecule has 0 aromatic heterocycles. The lowest BCUT2D eigenvalue weighted by molar-refractivity contribution is -0.115. The van der Waals surface area contributed by atoms with Crippen molar-refractivity contribution in [2.75, 3.05) is 6.61 Å². The molecule has 0 bridgehead atoms. The fraction of sp³-hybridized carbons (Fsp3) is 0.143. The summed E-state index contributed by atoms with van der Waals surface area (Å²) in [5, 5.41) is 3.41. The molecule has 132 valence electrons. The van der Waals surface area contributed by atoms with E-state index in [0.29, 0.717) is 22.4 Å². The molecule has 0 spiro atoms. The van der Waals surface area contributed by atoms with Gasteiger partial charge in [-0.1, -0.05) is 43.0 Å². The van der Waals surface area contributed by atoms with E-state index in [1.165, 1.54) is 11.8 Å². The number of rotatable bonds is 5. The van der Waals surface area contributed by atoms with Gasteiger partial charge in [-0.05, 0) is 54.9 Å². The van der Waals surface area contributed by atoms with Gasteiger partial charge in [-0.3, -0.25) is 4.79 Å². The number of hydrogen-bond donors (Lipinski definition) is 1. The summed E-state index contributed by atoms with van der Waals surface area (Å²) in [7, 11) is 0. The van der Waals surface area contributed by atoms with E-state index in [0.717, 1.165) is 22.4 Å². The van der Waals surface area contributed by atoms with Gasteiger partial charge in [0.25, 0.3) is 5.91 Å². The van der Waals surface area contributed by atoms with Crippen molar-refractivity contribution in [3.8, 4) is 5.75 Å². The second kappa shape index (κ2) is 8.06. The van der Waals surface area contributed by atoms with Gasteiger partial charge in [0.05, 0.1) is 10.6 Å². The Morgan fingerprint density at radius 3 is 2.85 bits per heavy atom. The molecule has 1 aliphatic heterocycles. The summed E-state index contributed by atoms with van der Waals surface area (Å²) in [5.74, 6) is 0.561. The fourth-order valence-electron chi connectivity index (χ4n) is 2.45. The van der Waals surface area contributed by atoms with Crippen LogP contribution in [0.3, 0.4) is 0 Å². The molecule has 1 heterocycles. The Hall–Kier alpha value is -2.79. The summed E-state index contributed by atoms with van der Waals surface area (Å²) in [4.78, 5) is 17.5. The molecular formula is C21H20N2O2S. The van der Waals surface area contributed by atoms with Gasteiger partial charge in [0, 0.05) is 5.56 Å². The first-order chi connectivity index (χ1) is 12.6. The van der Waals surface area contributed by atoms with Crippen molar-refractivity contribution in [1.29, 1.82) is 0 Å². The number of amides is 1. The van der Waals surface area contributed by atoms with Gasteiger partial charge in [-0.15, -0.1) is 0 Å². The Morgan fingerprint density at radius 1 is 1.23 bits per heavy atom. The molecule has 1 aliphatic rings. The van der Waals surface area contributed by atoms with Crippen LogP contribution in [0.15, 0.2) is 65.0 Å². The van der Waals surface area contributed by atoms with Crippen LogP contribution < -0.4 is 10.1 Å². The van der Waals surface area contributed by atoms with Gasteiger partial charge >= 0.3 is 0 Å². The Bertz CT molecular complexity index is 916. The number of nitrogens with one attached hydrogen (secondary N) is 1. The normalized spacial score (nSPS) is 16.8. The lowest BCUT2D eigenvalue weighted by Gasteiger charge is -2.06. The molecule has 5 heteroatoms. The molecule has 1 fully saturated rings. The molecule has 0 unspecified atom stereocenters. The predicted molar refractivity (Wildman–Crippen MR) is 109 cm³/mol. The number of thioether (sulfide) groups is 1. The lowest BCUT2D eigenvalue weighted by atomic mass is 10.1. The Balaban J connectivity index is 1.86. The van der Waals surface area contributed by atoms with Crippen LogP contribution in [0.5, 0.6) is 5.75 Å². The van der Waals surface area contributed by atoms with E-state index in [2.05, 4.69) is 16.9 Å². The second-order valence-corrected chi connectivity index (χ2v) is 6.94. The zero-order chi connectivity index (χ0) is 18.5. The number of carbonyl (C=O) groups is 1. The average molecular weight is 364 g/mol. The molecule has 1 N–H and O–H groups in total. The van der Waals surface area contributed by atoms with E-state index < -0.39 is 0 Å². The molecule has 0 saturated carbocycles. The van der Waals surface area contributed by atoms with Crippen LogP contribution in [0, 0.1) is 13.8 Å². The van der Waals surface area contributed by atoms with Crippen molar-refractivity contribution in [3.05, 3.63) is 76.7 Å². The van der Waals surface area contributed by atoms with E-state index in [-0.39, 0.29) is 5.91 Å². The number of aliphatic imine (C=N–C) groups is 1. The minimum atomic E-state index is -0.155. The quantitative estimate of drug-likeness (QED) is 0.615. The van der Waals surface area contributed by atoms with E-state index in [9.17, 15) is 4.79 Å². The lowest BCUT2D eigenvalue weighted by Crippen LogP contribution is -2.19. The van der Waals surface area contributed by atoms with Gasteiger partial charge in [-0.25, -0.2) is 4.99 Å². The van der Waals surface area contributed by atoms with Crippen LogP contribution in [-0.4, -0.2) is 17.7 Å². The van der Waals surface area contributed by atoms with E-state index in [4.69, 9.17) is 4.74 Å². The average Bonchev–Trinajstić information content (AvgIpc) is 2.96. The molecule has 2 aromatic carbocycles. The second-order valence-electron chi connectivity index (χ2n) is 5.91. The first-order valence-corrected chi connectivity index (χ1v) is 9.08. The number of para-hydroxylation sites is 1. The maximum absolute atomic E-state index is 12.3. The smallest absolute Gasteiger partial charge is 0.264 e. The highest BCUT2D eigenvalue weighted by atomic mass is 32.2. The summed E-state index contributed by atoms with van der Waals surface area (Å²) in [5.41, 5.74) is 3.91. The van der Waals surface area contributed by atoms with Crippen molar-refractivity contribution in [3.63, 3.8) is 0 Å². The molecule has 0 radical (unpaired) electrons. The molecule has 3 rings (SSSR count). The number of benzene rings is 2. The third-order valence-corrected chi connectivity index (χ3v) is 4.71. The zero-order valence-corrected chi connectivity index (χ0v) is 15.6. The maximum Gasteiger partial charge on any atom is 0.264 e. The summed E-state index contributed by atoms with van der Waals surface area (Å²) in [6.45, 7) is 8.10. The summed E-state index contributed by atoms with van der Waals surface area (Å²) < 4.78 is 5.65. The van der Waals surface area contributed by atoms with Gasteiger partial charge < -0.3 is 10.1 Å². The van der Waals surface area contributed by atoms with Crippen LogP contribution >= 0.6 is 11.8 Å². The SMILES string of the molecule is C=CCOc1ccccc1C=C1SC(=Nc2cc(C)ccc2C)NC1=O. The molecule has 26 heavy (non-hydrogen) atoms. The highest BCUT2D eigenvalue weighted by Gasteiger charge is 2.24. The van der Waals surface area contributed by atoms with E-state index >= 15 is 0 Å². The minimum absolute atomic E-state index is 0.155. The highest BCUT2D eigenvalue weighted by molar-refractivity contribution is 8.18. The van der Waals surface area contributed by atoms with Crippen LogP contribution in [0.2, 0.25) is 0 Å². The molecular weight excluding hydrogens is 344 g/mol. The third kappa shape index (κ3) is 4.24. The molecule has 1 amide bonds. The zero-order valence-electron chi connectivity index (χ0n) is 14.8. The number of amidine groups is 1. The van der Waals surface area contributed by atoms with Crippen LogP contribution in [0.4, 0.5) is 5.69 Å². The van der Waals surface area contributed by atoms with Gasteiger partial charge in [0.15, 0.2) is 5.17 Å². The number of nitrogens with zero attached hydrogens (tertiary/aromatic N) is 1. The Kier molecular flexibility index (Phi) is 5.58. The Morgan fingerprint density at radius 2 is 2.04 bits per heavy atom. The standard InChI is InChI=1S/C21H20N2O2S/c1-4-11-25-18-8-6-5-7-16(18)13-19-20(24)23-21(26-19)22-17-12-14(2)9-10-15(17)3/h4-10,12-13H,1,11H2,2-3H3,(H,22,23,24). The largest absolute Gasteiger partial charge is 0.489 e. The van der Waals surface area contributed by atoms with Crippen molar-refractivity contribution in [1.82, 2.24) is 5.32 Å². The summed E-state index contributed by atoms with van der Waals surface area (Å²) >= 11 is 1.33. The van der Waals surface area contributed by atoms with E-state index in [1.807, 2.05) is 62.4 Å². The maximum atomic E-state index is 12.3. The van der Waals surface area contributed by atoms with Crippen molar-refractivity contribution in [2.24, 2.45) is 4.99 Å². The fourth-order valence-corrected chi connectivity index (χ4v) is 3.28. The van der Waals surface area contributed by atoms with Crippen LogP contribution in [-0.2, 0) is 4.79 Å². The topological polar surface area (TPSA) is 50.7 Å².